The van der Waals surface area contributed by atoms with Gasteiger partial charge in [-0.25, -0.2) is 18.0 Å². The molecule has 150 valence electrons. The van der Waals surface area contributed by atoms with Gasteiger partial charge in [-0.1, -0.05) is 30.3 Å². The van der Waals surface area contributed by atoms with Crippen molar-refractivity contribution in [2.45, 2.75) is 12.6 Å². The van der Waals surface area contributed by atoms with Crippen LogP contribution < -0.4 is 4.90 Å². The fourth-order valence-corrected chi connectivity index (χ4v) is 4.78. The lowest BCUT2D eigenvalue weighted by molar-refractivity contribution is 0.0601. The van der Waals surface area contributed by atoms with Crippen LogP contribution in [0.5, 0.6) is 0 Å². The quantitative estimate of drug-likeness (QED) is 0.511. The van der Waals surface area contributed by atoms with Gasteiger partial charge in [0.25, 0.3) is 0 Å². The summed E-state index contributed by atoms with van der Waals surface area (Å²) in [5.41, 5.74) is 1.44. The van der Waals surface area contributed by atoms with Crippen LogP contribution >= 0.6 is 11.3 Å². The van der Waals surface area contributed by atoms with E-state index in [1.54, 1.807) is 30.3 Å². The van der Waals surface area contributed by atoms with Gasteiger partial charge >= 0.3 is 5.97 Å². The summed E-state index contributed by atoms with van der Waals surface area (Å²) < 4.78 is 47.2. The SMILES string of the molecule is COC(=O)c1ccccc1-c1sc(N2CC[C@@H](F)C2)cc1-c1cccc(F)c1F. The second-order valence-corrected chi connectivity index (χ2v) is 7.83. The molecule has 0 saturated carbocycles. The zero-order valence-electron chi connectivity index (χ0n) is 15.6. The zero-order chi connectivity index (χ0) is 20.5. The van der Waals surface area contributed by atoms with Crippen LogP contribution in [-0.4, -0.2) is 32.3 Å². The molecule has 0 amide bonds. The van der Waals surface area contributed by atoms with Crippen LogP contribution in [0.2, 0.25) is 0 Å². The first-order valence-corrected chi connectivity index (χ1v) is 9.96. The third-order valence-corrected chi connectivity index (χ3v) is 6.21. The molecule has 3 aromatic rings. The summed E-state index contributed by atoms with van der Waals surface area (Å²) in [6.45, 7) is 0.800. The lowest BCUT2D eigenvalue weighted by atomic mass is 9.98. The highest BCUT2D eigenvalue weighted by Crippen LogP contribution is 2.46. The molecule has 1 aliphatic rings. The minimum atomic E-state index is -0.960. The largest absolute Gasteiger partial charge is 0.465 e. The molecule has 2 aromatic carbocycles. The Kier molecular flexibility index (Phi) is 5.32. The van der Waals surface area contributed by atoms with Crippen molar-refractivity contribution in [2.24, 2.45) is 0 Å². The number of methoxy groups -OCH3 is 1. The van der Waals surface area contributed by atoms with E-state index in [1.165, 1.54) is 30.6 Å². The highest BCUT2D eigenvalue weighted by atomic mass is 32.1. The van der Waals surface area contributed by atoms with Crippen LogP contribution in [0.4, 0.5) is 18.2 Å². The molecule has 1 aliphatic heterocycles. The molecule has 0 radical (unpaired) electrons. The number of thiophene rings is 1. The second kappa shape index (κ2) is 7.91. The van der Waals surface area contributed by atoms with Crippen LogP contribution in [0.25, 0.3) is 21.6 Å². The number of nitrogens with zero attached hydrogens (tertiary/aromatic N) is 1. The molecule has 1 atom stereocenters. The van der Waals surface area contributed by atoms with Crippen molar-refractivity contribution in [3.8, 4) is 21.6 Å². The minimum absolute atomic E-state index is 0.0955. The number of anilines is 1. The Bertz CT molecular complexity index is 1070. The van der Waals surface area contributed by atoms with Gasteiger partial charge in [0.1, 0.15) is 6.17 Å². The van der Waals surface area contributed by atoms with E-state index in [0.717, 1.165) is 11.1 Å². The molecule has 0 N–H and O–H groups in total. The van der Waals surface area contributed by atoms with Gasteiger partial charge in [-0.3, -0.25) is 0 Å². The number of alkyl halides is 1. The highest BCUT2D eigenvalue weighted by molar-refractivity contribution is 7.20. The first-order valence-electron chi connectivity index (χ1n) is 9.14. The van der Waals surface area contributed by atoms with Crippen LogP contribution in [0.1, 0.15) is 16.8 Å². The molecule has 2 heterocycles. The normalized spacial score (nSPS) is 16.3. The Hall–Kier alpha value is -2.80. The molecule has 1 aromatic heterocycles. The number of esters is 1. The lowest BCUT2D eigenvalue weighted by Gasteiger charge is -2.14. The monoisotopic (exact) mass is 417 g/mol. The summed E-state index contributed by atoms with van der Waals surface area (Å²) in [6.07, 6.45) is -0.493. The van der Waals surface area contributed by atoms with Gasteiger partial charge in [0, 0.05) is 34.7 Å². The summed E-state index contributed by atoms with van der Waals surface area (Å²) in [7, 11) is 1.29. The van der Waals surface area contributed by atoms with Gasteiger partial charge in [-0.2, -0.15) is 0 Å². The number of benzene rings is 2. The average Bonchev–Trinajstić information content (AvgIpc) is 3.36. The zero-order valence-corrected chi connectivity index (χ0v) is 16.4. The number of rotatable bonds is 4. The predicted molar refractivity (Wildman–Crippen MR) is 108 cm³/mol. The van der Waals surface area contributed by atoms with Crippen molar-refractivity contribution in [1.29, 1.82) is 0 Å². The molecule has 1 saturated heterocycles. The van der Waals surface area contributed by atoms with Gasteiger partial charge in [-0.05, 0) is 24.6 Å². The Morgan fingerprint density at radius 2 is 1.86 bits per heavy atom. The van der Waals surface area contributed by atoms with Crippen LogP contribution in [-0.2, 0) is 4.74 Å². The molecular formula is C22H18F3NO2S. The van der Waals surface area contributed by atoms with Gasteiger partial charge in [0.15, 0.2) is 11.6 Å². The minimum Gasteiger partial charge on any atom is -0.465 e. The summed E-state index contributed by atoms with van der Waals surface area (Å²) in [6, 6.07) is 12.6. The third-order valence-electron chi connectivity index (χ3n) is 4.98. The standard InChI is InChI=1S/C22H18F3NO2S/c1-28-22(27)16-6-3-2-5-15(16)21-17(14-7-4-8-18(24)20(14)25)11-19(29-21)26-10-9-13(23)12-26/h2-8,11,13H,9-10,12H2,1H3/t13-/m1/s1. The average molecular weight is 417 g/mol. The highest BCUT2D eigenvalue weighted by Gasteiger charge is 2.27. The van der Waals surface area contributed by atoms with E-state index < -0.39 is 23.8 Å². The van der Waals surface area contributed by atoms with Crippen molar-refractivity contribution in [2.75, 3.05) is 25.1 Å². The smallest absolute Gasteiger partial charge is 0.338 e. The molecule has 3 nitrogen and oxygen atoms in total. The Labute approximate surface area is 170 Å². The van der Waals surface area contributed by atoms with E-state index in [1.807, 2.05) is 4.90 Å². The number of hydrogen-bond acceptors (Lipinski definition) is 4. The summed E-state index contributed by atoms with van der Waals surface area (Å²) >= 11 is 1.33. The second-order valence-electron chi connectivity index (χ2n) is 6.80. The first-order chi connectivity index (χ1) is 14.0. The summed E-state index contributed by atoms with van der Waals surface area (Å²) in [4.78, 5) is 14.8. The fraction of sp³-hybridized carbons (Fsp3) is 0.227. The molecule has 0 unspecified atom stereocenters. The van der Waals surface area contributed by atoms with Gasteiger partial charge in [0.05, 0.1) is 17.7 Å². The molecule has 7 heteroatoms. The van der Waals surface area contributed by atoms with Crippen LogP contribution in [0, 0.1) is 11.6 Å². The van der Waals surface area contributed by atoms with E-state index in [4.69, 9.17) is 4.74 Å². The summed E-state index contributed by atoms with van der Waals surface area (Å²) in [5, 5.41) is 0.749. The molecule has 29 heavy (non-hydrogen) atoms. The number of carbonyl (C=O) groups is 1. The Morgan fingerprint density at radius 3 is 2.59 bits per heavy atom. The lowest BCUT2D eigenvalue weighted by Crippen LogP contribution is -2.18. The Balaban J connectivity index is 1.92. The van der Waals surface area contributed by atoms with E-state index in [-0.39, 0.29) is 12.1 Å². The fourth-order valence-electron chi connectivity index (χ4n) is 3.53. The van der Waals surface area contributed by atoms with Crippen molar-refractivity contribution in [1.82, 2.24) is 0 Å². The molecular weight excluding hydrogens is 399 g/mol. The van der Waals surface area contributed by atoms with Gasteiger partial charge in [-0.15, -0.1) is 11.3 Å². The van der Waals surface area contributed by atoms with Crippen LogP contribution in [0.15, 0.2) is 48.5 Å². The van der Waals surface area contributed by atoms with Crippen LogP contribution in [0.3, 0.4) is 0 Å². The maximum atomic E-state index is 14.6. The molecule has 0 bridgehead atoms. The molecule has 4 rings (SSSR count). The van der Waals surface area contributed by atoms with Crippen molar-refractivity contribution in [3.63, 3.8) is 0 Å². The number of hydrogen-bond donors (Lipinski definition) is 0. The van der Waals surface area contributed by atoms with Gasteiger partial charge < -0.3 is 9.64 Å². The van der Waals surface area contributed by atoms with E-state index >= 15 is 0 Å². The van der Waals surface area contributed by atoms with Gasteiger partial charge in [0.2, 0.25) is 0 Å². The third kappa shape index (κ3) is 3.62. The van der Waals surface area contributed by atoms with E-state index in [0.29, 0.717) is 34.5 Å². The van der Waals surface area contributed by atoms with Crippen molar-refractivity contribution >= 4 is 22.3 Å². The van der Waals surface area contributed by atoms with Crippen molar-refractivity contribution in [3.05, 3.63) is 65.7 Å². The topological polar surface area (TPSA) is 29.5 Å². The molecule has 0 spiro atoms. The maximum Gasteiger partial charge on any atom is 0.338 e. The molecule has 1 fully saturated rings. The van der Waals surface area contributed by atoms with E-state index in [9.17, 15) is 18.0 Å². The first kappa shape index (κ1) is 19.5. The van der Waals surface area contributed by atoms with E-state index in [2.05, 4.69) is 0 Å². The number of halogens is 3. The maximum absolute atomic E-state index is 14.6. The summed E-state index contributed by atoms with van der Waals surface area (Å²) in [5.74, 6) is -2.43. The number of ether oxygens (including phenoxy) is 1. The predicted octanol–water partition coefficient (Wildman–Crippen LogP) is 5.70. The molecule has 0 aliphatic carbocycles. The number of carbonyl (C=O) groups excluding carboxylic acids is 1. The Morgan fingerprint density at radius 1 is 1.10 bits per heavy atom. The van der Waals surface area contributed by atoms with Crippen molar-refractivity contribution < 1.29 is 22.7 Å².